The number of amides is 1. The van der Waals surface area contributed by atoms with Crippen molar-refractivity contribution in [1.29, 1.82) is 0 Å². The molecule has 0 unspecified atom stereocenters. The van der Waals surface area contributed by atoms with E-state index < -0.39 is 0 Å². The highest BCUT2D eigenvalue weighted by Crippen LogP contribution is 2.27. The highest BCUT2D eigenvalue weighted by molar-refractivity contribution is 6.10. The number of hydrogen-bond acceptors (Lipinski definition) is 3. The maximum Gasteiger partial charge on any atom is 0.283 e. The largest absolute Gasteiger partial charge is 0.283 e. The first-order valence-corrected chi connectivity index (χ1v) is 7.58. The van der Waals surface area contributed by atoms with Crippen LogP contribution in [0.25, 0.3) is 5.65 Å². The monoisotopic (exact) mass is 314 g/mol. The van der Waals surface area contributed by atoms with Gasteiger partial charge in [0, 0.05) is 29.8 Å². The summed E-state index contributed by atoms with van der Waals surface area (Å²) in [5.41, 5.74) is 2.57. The number of carbonyl (C=O) groups excluding carboxylic acids is 1. The topological polar surface area (TPSA) is 50.5 Å². The lowest BCUT2D eigenvalue weighted by Gasteiger charge is -2.22. The summed E-state index contributed by atoms with van der Waals surface area (Å²) in [6.45, 7) is 0. The Morgan fingerprint density at radius 1 is 0.875 bits per heavy atom. The number of carbonyl (C=O) groups is 1. The number of rotatable bonds is 3. The van der Waals surface area contributed by atoms with Gasteiger partial charge in [0.1, 0.15) is 0 Å². The molecule has 2 aromatic heterocycles. The standard InChI is InChI=1S/C19H14N4O/c24-19(17-14-18-20-12-7-13-22(18)21-17)23(15-8-3-1-4-9-15)16-10-5-2-6-11-16/h1-14H. The Labute approximate surface area is 138 Å². The fourth-order valence-corrected chi connectivity index (χ4v) is 2.59. The van der Waals surface area contributed by atoms with Gasteiger partial charge in [0.2, 0.25) is 0 Å². The number of hydrogen-bond donors (Lipinski definition) is 0. The zero-order valence-electron chi connectivity index (χ0n) is 12.8. The van der Waals surface area contributed by atoms with Crippen LogP contribution in [-0.4, -0.2) is 20.5 Å². The Bertz CT molecular complexity index is 907. The second kappa shape index (κ2) is 5.96. The first-order valence-electron chi connectivity index (χ1n) is 7.58. The predicted molar refractivity (Wildman–Crippen MR) is 92.3 cm³/mol. The molecule has 0 radical (unpaired) electrons. The molecular weight excluding hydrogens is 300 g/mol. The quantitative estimate of drug-likeness (QED) is 0.579. The average molecular weight is 314 g/mol. The molecule has 0 aliphatic carbocycles. The maximum absolute atomic E-state index is 13.1. The zero-order valence-corrected chi connectivity index (χ0v) is 12.8. The van der Waals surface area contributed by atoms with Gasteiger partial charge in [-0.2, -0.15) is 5.10 Å². The molecule has 4 aromatic rings. The third-order valence-corrected chi connectivity index (χ3v) is 3.69. The van der Waals surface area contributed by atoms with Gasteiger partial charge in [0.05, 0.1) is 0 Å². The van der Waals surface area contributed by atoms with Crippen LogP contribution in [0.5, 0.6) is 0 Å². The number of para-hydroxylation sites is 2. The molecule has 116 valence electrons. The number of anilines is 2. The minimum Gasteiger partial charge on any atom is -0.276 e. The molecular formula is C19H14N4O. The molecule has 0 aliphatic heterocycles. The summed E-state index contributed by atoms with van der Waals surface area (Å²) in [7, 11) is 0. The van der Waals surface area contributed by atoms with Crippen LogP contribution in [0.4, 0.5) is 11.4 Å². The van der Waals surface area contributed by atoms with Crippen molar-refractivity contribution in [1.82, 2.24) is 14.6 Å². The number of fused-ring (bicyclic) bond motifs is 1. The SMILES string of the molecule is O=C(c1cc2ncccn2n1)N(c1ccccc1)c1ccccc1. The van der Waals surface area contributed by atoms with E-state index in [0.717, 1.165) is 11.4 Å². The summed E-state index contributed by atoms with van der Waals surface area (Å²) < 4.78 is 1.60. The zero-order chi connectivity index (χ0) is 16.4. The lowest BCUT2D eigenvalue weighted by Crippen LogP contribution is -2.26. The van der Waals surface area contributed by atoms with E-state index >= 15 is 0 Å². The highest BCUT2D eigenvalue weighted by Gasteiger charge is 2.22. The minimum atomic E-state index is -0.196. The van der Waals surface area contributed by atoms with Gasteiger partial charge in [-0.25, -0.2) is 9.50 Å². The van der Waals surface area contributed by atoms with Crippen molar-refractivity contribution in [2.24, 2.45) is 0 Å². The van der Waals surface area contributed by atoms with Crippen LogP contribution in [0, 0.1) is 0 Å². The fourth-order valence-electron chi connectivity index (χ4n) is 2.59. The van der Waals surface area contributed by atoms with E-state index in [9.17, 15) is 4.79 Å². The Morgan fingerprint density at radius 2 is 1.50 bits per heavy atom. The summed E-state index contributed by atoms with van der Waals surface area (Å²) in [5, 5.41) is 4.35. The van der Waals surface area contributed by atoms with E-state index in [1.54, 1.807) is 33.9 Å². The molecule has 2 heterocycles. The first kappa shape index (κ1) is 14.1. The van der Waals surface area contributed by atoms with E-state index in [0.29, 0.717) is 11.3 Å². The summed E-state index contributed by atoms with van der Waals surface area (Å²) >= 11 is 0. The van der Waals surface area contributed by atoms with Crippen LogP contribution in [0.1, 0.15) is 10.5 Å². The molecule has 24 heavy (non-hydrogen) atoms. The predicted octanol–water partition coefficient (Wildman–Crippen LogP) is 3.71. The average Bonchev–Trinajstić information content (AvgIpc) is 3.08. The normalized spacial score (nSPS) is 10.7. The smallest absolute Gasteiger partial charge is 0.276 e. The Hall–Kier alpha value is -3.47. The van der Waals surface area contributed by atoms with Crippen molar-refractivity contribution >= 4 is 22.9 Å². The maximum atomic E-state index is 13.1. The number of benzene rings is 2. The van der Waals surface area contributed by atoms with Crippen LogP contribution in [0.2, 0.25) is 0 Å². The van der Waals surface area contributed by atoms with Gasteiger partial charge in [0.15, 0.2) is 11.3 Å². The van der Waals surface area contributed by atoms with E-state index in [1.807, 2.05) is 60.7 Å². The second-order valence-electron chi connectivity index (χ2n) is 5.26. The molecule has 0 saturated carbocycles. The molecule has 0 saturated heterocycles. The minimum absolute atomic E-state index is 0.196. The van der Waals surface area contributed by atoms with Crippen LogP contribution in [0.15, 0.2) is 85.2 Å². The van der Waals surface area contributed by atoms with Crippen molar-refractivity contribution in [2.45, 2.75) is 0 Å². The lowest BCUT2D eigenvalue weighted by molar-refractivity contribution is 0.0994. The van der Waals surface area contributed by atoms with Crippen molar-refractivity contribution < 1.29 is 4.79 Å². The molecule has 0 aliphatic rings. The van der Waals surface area contributed by atoms with Crippen molar-refractivity contribution in [2.75, 3.05) is 4.90 Å². The van der Waals surface area contributed by atoms with Gasteiger partial charge in [-0.05, 0) is 30.3 Å². The van der Waals surface area contributed by atoms with Gasteiger partial charge in [-0.15, -0.1) is 0 Å². The molecule has 0 N–H and O–H groups in total. The highest BCUT2D eigenvalue weighted by atomic mass is 16.2. The Morgan fingerprint density at radius 3 is 2.08 bits per heavy atom. The molecule has 0 atom stereocenters. The van der Waals surface area contributed by atoms with Crippen LogP contribution in [0.3, 0.4) is 0 Å². The Kier molecular flexibility index (Phi) is 3.51. The van der Waals surface area contributed by atoms with Gasteiger partial charge in [0.25, 0.3) is 5.91 Å². The first-order chi connectivity index (χ1) is 11.8. The number of nitrogens with zero attached hydrogens (tertiary/aromatic N) is 4. The fraction of sp³-hybridized carbons (Fsp3) is 0. The van der Waals surface area contributed by atoms with Gasteiger partial charge >= 0.3 is 0 Å². The Balaban J connectivity index is 1.82. The van der Waals surface area contributed by atoms with E-state index in [1.165, 1.54) is 0 Å². The lowest BCUT2D eigenvalue weighted by atomic mass is 10.2. The summed E-state index contributed by atoms with van der Waals surface area (Å²) in [4.78, 5) is 19.0. The molecule has 5 nitrogen and oxygen atoms in total. The van der Waals surface area contributed by atoms with Crippen molar-refractivity contribution in [3.8, 4) is 0 Å². The molecule has 2 aromatic carbocycles. The van der Waals surface area contributed by atoms with E-state index in [-0.39, 0.29) is 5.91 Å². The number of aromatic nitrogens is 3. The van der Waals surface area contributed by atoms with Crippen LogP contribution >= 0.6 is 0 Å². The molecule has 0 bridgehead atoms. The van der Waals surface area contributed by atoms with Crippen LogP contribution in [-0.2, 0) is 0 Å². The van der Waals surface area contributed by atoms with E-state index in [4.69, 9.17) is 0 Å². The van der Waals surface area contributed by atoms with Crippen LogP contribution < -0.4 is 4.90 Å². The van der Waals surface area contributed by atoms with Crippen molar-refractivity contribution in [3.05, 3.63) is 90.9 Å². The molecule has 4 rings (SSSR count). The second-order valence-corrected chi connectivity index (χ2v) is 5.26. The third kappa shape index (κ3) is 2.52. The van der Waals surface area contributed by atoms with Gasteiger partial charge in [-0.1, -0.05) is 36.4 Å². The molecule has 0 fully saturated rings. The molecule has 5 heteroatoms. The van der Waals surface area contributed by atoms with Crippen molar-refractivity contribution in [3.63, 3.8) is 0 Å². The molecule has 1 amide bonds. The van der Waals surface area contributed by atoms with Gasteiger partial charge < -0.3 is 0 Å². The molecule has 0 spiro atoms. The summed E-state index contributed by atoms with van der Waals surface area (Å²) in [6.07, 6.45) is 3.45. The third-order valence-electron chi connectivity index (χ3n) is 3.69. The summed E-state index contributed by atoms with van der Waals surface area (Å²) in [5.74, 6) is -0.196. The van der Waals surface area contributed by atoms with E-state index in [2.05, 4.69) is 10.1 Å². The van der Waals surface area contributed by atoms with Gasteiger partial charge in [-0.3, -0.25) is 9.69 Å². The summed E-state index contributed by atoms with van der Waals surface area (Å²) in [6, 6.07) is 22.6.